The number of rotatable bonds is 8. The Bertz CT molecular complexity index is 474. The van der Waals surface area contributed by atoms with E-state index in [-0.39, 0.29) is 19.8 Å². The second-order valence-electron chi connectivity index (χ2n) is 4.33. The maximum absolute atomic E-state index is 11.9. The van der Waals surface area contributed by atoms with Crippen molar-refractivity contribution < 1.29 is 24.2 Å². The van der Waals surface area contributed by atoms with Crippen molar-refractivity contribution >= 4 is 12.1 Å². The number of ether oxygens (including phenoxy) is 2. The average Bonchev–Trinajstić information content (AvgIpc) is 2.49. The average molecular weight is 293 g/mol. The highest BCUT2D eigenvalue weighted by atomic mass is 16.6. The monoisotopic (exact) mass is 293 g/mol. The summed E-state index contributed by atoms with van der Waals surface area (Å²) in [6.45, 7) is 3.65. The van der Waals surface area contributed by atoms with E-state index in [1.807, 2.05) is 30.3 Å². The molecule has 1 N–H and O–H groups in total. The van der Waals surface area contributed by atoms with Crippen LogP contribution in [0.3, 0.4) is 0 Å². The molecule has 114 valence electrons. The molecule has 0 saturated heterocycles. The van der Waals surface area contributed by atoms with E-state index in [9.17, 15) is 9.59 Å². The van der Waals surface area contributed by atoms with Crippen LogP contribution in [0.5, 0.6) is 0 Å². The third-order valence-electron chi connectivity index (χ3n) is 2.76. The molecule has 1 amide bonds. The minimum absolute atomic E-state index is 0.0872. The number of likely N-dealkylation sites (N-methyl/N-ethyl adjacent to an activating group) is 1. The van der Waals surface area contributed by atoms with Crippen molar-refractivity contribution in [2.75, 3.05) is 20.3 Å². The van der Waals surface area contributed by atoms with Gasteiger partial charge in [0.25, 0.3) is 0 Å². The van der Waals surface area contributed by atoms with Gasteiger partial charge in [0.05, 0.1) is 13.2 Å². The van der Waals surface area contributed by atoms with Crippen molar-refractivity contribution in [2.24, 2.45) is 0 Å². The zero-order valence-corrected chi connectivity index (χ0v) is 11.9. The second-order valence-corrected chi connectivity index (χ2v) is 4.33. The molecular formula is C15H19NO5. The van der Waals surface area contributed by atoms with Gasteiger partial charge < -0.3 is 14.6 Å². The molecule has 0 spiro atoms. The zero-order valence-electron chi connectivity index (χ0n) is 11.9. The van der Waals surface area contributed by atoms with Gasteiger partial charge in [-0.1, -0.05) is 36.4 Å². The van der Waals surface area contributed by atoms with E-state index in [4.69, 9.17) is 14.6 Å². The van der Waals surface area contributed by atoms with Gasteiger partial charge in [-0.15, -0.1) is 6.58 Å². The van der Waals surface area contributed by atoms with Crippen LogP contribution in [0.1, 0.15) is 5.56 Å². The summed E-state index contributed by atoms with van der Waals surface area (Å²) in [7, 11) is 1.36. The second kappa shape index (κ2) is 8.76. The molecule has 0 bridgehead atoms. The number of hydrogen-bond acceptors (Lipinski definition) is 4. The summed E-state index contributed by atoms with van der Waals surface area (Å²) < 4.78 is 10.2. The maximum atomic E-state index is 11.9. The topological polar surface area (TPSA) is 76.1 Å². The fourth-order valence-corrected chi connectivity index (χ4v) is 1.56. The summed E-state index contributed by atoms with van der Waals surface area (Å²) in [6.07, 6.45) is 0.792. The number of hydrogen-bond donors (Lipinski definition) is 1. The Morgan fingerprint density at radius 3 is 2.62 bits per heavy atom. The summed E-state index contributed by atoms with van der Waals surface area (Å²) >= 11 is 0. The third kappa shape index (κ3) is 5.66. The molecule has 6 heteroatoms. The van der Waals surface area contributed by atoms with Gasteiger partial charge in [-0.3, -0.25) is 4.90 Å². The maximum Gasteiger partial charge on any atom is 0.410 e. The summed E-state index contributed by atoms with van der Waals surface area (Å²) in [5.41, 5.74) is 0.828. The van der Waals surface area contributed by atoms with Crippen LogP contribution < -0.4 is 0 Å². The molecule has 0 saturated carbocycles. The lowest BCUT2D eigenvalue weighted by atomic mass is 10.2. The Hall–Kier alpha value is -2.34. The standard InChI is InChI=1S/C15H19NO5/c1-3-9-20-11-13(14(17)18)16(2)15(19)21-10-12-7-5-4-6-8-12/h3-8,13H,1,9-11H2,2H3,(H,17,18). The zero-order chi connectivity index (χ0) is 15.7. The molecule has 1 rings (SSSR count). The number of aliphatic carboxylic acids is 1. The van der Waals surface area contributed by atoms with Gasteiger partial charge in [0, 0.05) is 7.05 Å². The molecule has 0 radical (unpaired) electrons. The van der Waals surface area contributed by atoms with Crippen LogP contribution in [-0.2, 0) is 20.9 Å². The van der Waals surface area contributed by atoms with Crippen molar-refractivity contribution in [1.29, 1.82) is 0 Å². The highest BCUT2D eigenvalue weighted by Crippen LogP contribution is 2.06. The van der Waals surface area contributed by atoms with Gasteiger partial charge in [-0.05, 0) is 5.56 Å². The Balaban J connectivity index is 2.53. The molecule has 1 aromatic rings. The van der Waals surface area contributed by atoms with E-state index in [1.54, 1.807) is 0 Å². The van der Waals surface area contributed by atoms with Crippen molar-refractivity contribution in [3.63, 3.8) is 0 Å². The lowest BCUT2D eigenvalue weighted by Crippen LogP contribution is -2.45. The first kappa shape index (κ1) is 16.7. The highest BCUT2D eigenvalue weighted by molar-refractivity contribution is 5.80. The van der Waals surface area contributed by atoms with E-state index in [2.05, 4.69) is 6.58 Å². The molecule has 0 aliphatic carbocycles. The number of carbonyl (C=O) groups is 2. The normalized spacial score (nSPS) is 11.5. The Morgan fingerprint density at radius 1 is 1.38 bits per heavy atom. The Labute approximate surface area is 123 Å². The number of carbonyl (C=O) groups excluding carboxylic acids is 1. The van der Waals surface area contributed by atoms with E-state index in [0.29, 0.717) is 0 Å². The number of benzene rings is 1. The summed E-state index contributed by atoms with van der Waals surface area (Å²) in [5, 5.41) is 9.12. The highest BCUT2D eigenvalue weighted by Gasteiger charge is 2.27. The van der Waals surface area contributed by atoms with Gasteiger partial charge in [0.2, 0.25) is 0 Å². The SMILES string of the molecule is C=CCOCC(C(=O)O)N(C)C(=O)OCc1ccccc1. The third-order valence-corrected chi connectivity index (χ3v) is 2.76. The molecule has 6 nitrogen and oxygen atoms in total. The first-order chi connectivity index (χ1) is 10.1. The summed E-state index contributed by atoms with van der Waals surface area (Å²) in [6, 6.07) is 8.04. The van der Waals surface area contributed by atoms with Crippen molar-refractivity contribution in [2.45, 2.75) is 12.6 Å². The molecule has 1 aromatic carbocycles. The minimum Gasteiger partial charge on any atom is -0.480 e. The number of carboxylic acid groups (broad SMARTS) is 1. The van der Waals surface area contributed by atoms with Gasteiger partial charge >= 0.3 is 12.1 Å². The first-order valence-corrected chi connectivity index (χ1v) is 6.41. The molecule has 0 aliphatic heterocycles. The molecule has 0 heterocycles. The number of amides is 1. The van der Waals surface area contributed by atoms with Crippen LogP contribution in [0.4, 0.5) is 4.79 Å². The molecule has 0 fully saturated rings. The van der Waals surface area contributed by atoms with Crippen LogP contribution in [0.15, 0.2) is 43.0 Å². The fraction of sp³-hybridized carbons (Fsp3) is 0.333. The molecule has 0 aromatic heterocycles. The molecule has 1 unspecified atom stereocenters. The number of carboxylic acids is 1. The van der Waals surface area contributed by atoms with Gasteiger partial charge in [-0.25, -0.2) is 9.59 Å². The lowest BCUT2D eigenvalue weighted by molar-refractivity contribution is -0.144. The van der Waals surface area contributed by atoms with E-state index in [0.717, 1.165) is 10.5 Å². The van der Waals surface area contributed by atoms with Crippen molar-refractivity contribution in [3.05, 3.63) is 48.6 Å². The van der Waals surface area contributed by atoms with Gasteiger partial charge in [0.1, 0.15) is 6.61 Å². The minimum atomic E-state index is -1.15. The van der Waals surface area contributed by atoms with Crippen LogP contribution in [0.25, 0.3) is 0 Å². The quantitative estimate of drug-likeness (QED) is 0.585. The van der Waals surface area contributed by atoms with E-state index < -0.39 is 18.1 Å². The predicted octanol–water partition coefficient (Wildman–Crippen LogP) is 1.91. The molecule has 1 atom stereocenters. The van der Waals surface area contributed by atoms with Gasteiger partial charge in [-0.2, -0.15) is 0 Å². The van der Waals surface area contributed by atoms with Crippen LogP contribution in [0, 0.1) is 0 Å². The first-order valence-electron chi connectivity index (χ1n) is 6.41. The molecule has 21 heavy (non-hydrogen) atoms. The molecule has 0 aliphatic rings. The van der Waals surface area contributed by atoms with Crippen LogP contribution >= 0.6 is 0 Å². The van der Waals surface area contributed by atoms with Crippen molar-refractivity contribution in [1.82, 2.24) is 4.90 Å². The summed E-state index contributed by atoms with van der Waals surface area (Å²) in [5.74, 6) is -1.15. The lowest BCUT2D eigenvalue weighted by Gasteiger charge is -2.23. The van der Waals surface area contributed by atoms with Crippen molar-refractivity contribution in [3.8, 4) is 0 Å². The van der Waals surface area contributed by atoms with E-state index in [1.165, 1.54) is 13.1 Å². The number of nitrogens with zero attached hydrogens (tertiary/aromatic N) is 1. The Morgan fingerprint density at radius 2 is 2.05 bits per heavy atom. The fourth-order valence-electron chi connectivity index (χ4n) is 1.56. The van der Waals surface area contributed by atoms with E-state index >= 15 is 0 Å². The summed E-state index contributed by atoms with van der Waals surface area (Å²) in [4.78, 5) is 24.0. The predicted molar refractivity (Wildman–Crippen MR) is 76.8 cm³/mol. The van der Waals surface area contributed by atoms with Crippen LogP contribution in [0.2, 0.25) is 0 Å². The molecular weight excluding hydrogens is 274 g/mol. The Kier molecular flexibility index (Phi) is 6.97. The smallest absolute Gasteiger partial charge is 0.410 e. The van der Waals surface area contributed by atoms with Crippen LogP contribution in [-0.4, -0.2) is 48.4 Å². The van der Waals surface area contributed by atoms with Gasteiger partial charge in [0.15, 0.2) is 6.04 Å². The largest absolute Gasteiger partial charge is 0.480 e.